The third-order valence-corrected chi connectivity index (χ3v) is 4.06. The Labute approximate surface area is 115 Å². The van der Waals surface area contributed by atoms with Crippen molar-refractivity contribution in [2.75, 3.05) is 11.9 Å². The number of nitrogens with zero attached hydrogens (tertiary/aromatic N) is 1. The van der Waals surface area contributed by atoms with E-state index in [9.17, 15) is 4.39 Å². The SMILES string of the molecule is Fc1cccc(NC2=NCC(c3ccccc3)S2)c1. The van der Waals surface area contributed by atoms with Crippen LogP contribution in [0, 0.1) is 5.82 Å². The van der Waals surface area contributed by atoms with Gasteiger partial charge in [0.05, 0.1) is 11.8 Å². The van der Waals surface area contributed by atoms with Crippen molar-refractivity contribution in [2.45, 2.75) is 5.25 Å². The summed E-state index contributed by atoms with van der Waals surface area (Å²) in [5, 5.41) is 4.35. The summed E-state index contributed by atoms with van der Waals surface area (Å²) in [6, 6.07) is 16.7. The molecule has 0 spiro atoms. The van der Waals surface area contributed by atoms with Crippen molar-refractivity contribution >= 4 is 22.6 Å². The minimum absolute atomic E-state index is 0.242. The molecular weight excluding hydrogens is 259 g/mol. The van der Waals surface area contributed by atoms with Gasteiger partial charge in [0.1, 0.15) is 5.82 Å². The third kappa shape index (κ3) is 2.96. The summed E-state index contributed by atoms with van der Waals surface area (Å²) in [4.78, 5) is 4.46. The molecular formula is C15H13FN2S. The maximum absolute atomic E-state index is 13.1. The van der Waals surface area contributed by atoms with Crippen molar-refractivity contribution in [2.24, 2.45) is 4.99 Å². The average molecular weight is 272 g/mol. The summed E-state index contributed by atoms with van der Waals surface area (Å²) >= 11 is 1.68. The van der Waals surface area contributed by atoms with Crippen LogP contribution in [0.2, 0.25) is 0 Å². The second-order valence-corrected chi connectivity index (χ2v) is 5.49. The molecule has 0 saturated heterocycles. The lowest BCUT2D eigenvalue weighted by Gasteiger charge is -2.09. The van der Waals surface area contributed by atoms with E-state index in [1.54, 1.807) is 17.8 Å². The summed E-state index contributed by atoms with van der Waals surface area (Å²) in [5.74, 6) is -0.242. The number of benzene rings is 2. The van der Waals surface area contributed by atoms with Crippen LogP contribution in [0.15, 0.2) is 59.6 Å². The molecule has 1 aliphatic rings. The number of amidine groups is 1. The largest absolute Gasteiger partial charge is 0.335 e. The van der Waals surface area contributed by atoms with Gasteiger partial charge in [0, 0.05) is 5.69 Å². The molecule has 1 unspecified atom stereocenters. The first-order chi connectivity index (χ1) is 9.31. The van der Waals surface area contributed by atoms with Crippen molar-refractivity contribution in [3.05, 3.63) is 66.0 Å². The Kier molecular flexibility index (Phi) is 3.51. The van der Waals surface area contributed by atoms with Gasteiger partial charge in [-0.05, 0) is 23.8 Å². The number of hydrogen-bond acceptors (Lipinski definition) is 3. The Morgan fingerprint density at radius 3 is 2.74 bits per heavy atom. The van der Waals surface area contributed by atoms with E-state index in [2.05, 4.69) is 22.4 Å². The lowest BCUT2D eigenvalue weighted by Crippen LogP contribution is -2.05. The van der Waals surface area contributed by atoms with Crippen LogP contribution in [0.25, 0.3) is 0 Å². The third-order valence-electron chi connectivity index (χ3n) is 2.90. The molecule has 0 aliphatic carbocycles. The Bertz CT molecular complexity index is 598. The van der Waals surface area contributed by atoms with E-state index in [-0.39, 0.29) is 5.82 Å². The molecule has 0 saturated carbocycles. The minimum atomic E-state index is -0.242. The van der Waals surface area contributed by atoms with Gasteiger partial charge in [-0.1, -0.05) is 48.2 Å². The van der Waals surface area contributed by atoms with E-state index in [0.717, 1.165) is 17.4 Å². The fourth-order valence-corrected chi connectivity index (χ4v) is 3.01. The standard InChI is InChI=1S/C15H13FN2S/c16-12-7-4-8-13(9-12)18-15-17-10-14(19-15)11-5-2-1-3-6-11/h1-9,14H,10H2,(H,17,18). The van der Waals surface area contributed by atoms with Crippen molar-refractivity contribution in [3.63, 3.8) is 0 Å². The van der Waals surface area contributed by atoms with Crippen molar-refractivity contribution in [1.29, 1.82) is 0 Å². The van der Waals surface area contributed by atoms with Gasteiger partial charge in [-0.3, -0.25) is 4.99 Å². The Balaban J connectivity index is 1.66. The second-order valence-electron chi connectivity index (χ2n) is 4.30. The molecule has 4 heteroatoms. The molecule has 19 heavy (non-hydrogen) atoms. The molecule has 0 aromatic heterocycles. The summed E-state index contributed by atoms with van der Waals surface area (Å²) in [6.07, 6.45) is 0. The van der Waals surface area contributed by atoms with Gasteiger partial charge in [0.25, 0.3) is 0 Å². The van der Waals surface area contributed by atoms with Crippen LogP contribution in [0.4, 0.5) is 10.1 Å². The van der Waals surface area contributed by atoms with Gasteiger partial charge in [0.2, 0.25) is 0 Å². The first-order valence-corrected chi connectivity index (χ1v) is 6.98. The number of hydrogen-bond donors (Lipinski definition) is 1. The number of halogens is 1. The molecule has 0 bridgehead atoms. The number of anilines is 1. The molecule has 0 amide bonds. The van der Waals surface area contributed by atoms with Crippen molar-refractivity contribution in [3.8, 4) is 0 Å². The number of thioether (sulfide) groups is 1. The molecule has 2 aromatic carbocycles. The Hall–Kier alpha value is -1.81. The van der Waals surface area contributed by atoms with Gasteiger partial charge in [0.15, 0.2) is 5.17 Å². The van der Waals surface area contributed by atoms with Crippen LogP contribution in [-0.4, -0.2) is 11.7 Å². The van der Waals surface area contributed by atoms with Crippen molar-refractivity contribution in [1.82, 2.24) is 0 Å². The molecule has 3 rings (SSSR count). The highest BCUT2D eigenvalue weighted by Gasteiger charge is 2.21. The van der Waals surface area contributed by atoms with Crippen LogP contribution < -0.4 is 5.32 Å². The highest BCUT2D eigenvalue weighted by molar-refractivity contribution is 8.14. The maximum Gasteiger partial charge on any atom is 0.161 e. The summed E-state index contributed by atoms with van der Waals surface area (Å²) in [7, 11) is 0. The molecule has 1 heterocycles. The van der Waals surface area contributed by atoms with Crippen LogP contribution >= 0.6 is 11.8 Å². The quantitative estimate of drug-likeness (QED) is 0.890. The predicted molar refractivity (Wildman–Crippen MR) is 79.1 cm³/mol. The average Bonchev–Trinajstić information content (AvgIpc) is 2.88. The molecule has 1 atom stereocenters. The van der Waals surface area contributed by atoms with Crippen LogP contribution in [0.5, 0.6) is 0 Å². The molecule has 2 aromatic rings. The van der Waals surface area contributed by atoms with Gasteiger partial charge in [-0.25, -0.2) is 4.39 Å². The molecule has 0 fully saturated rings. The Morgan fingerprint density at radius 2 is 1.95 bits per heavy atom. The fraction of sp³-hybridized carbons (Fsp3) is 0.133. The van der Waals surface area contributed by atoms with Gasteiger partial charge < -0.3 is 5.32 Å². The minimum Gasteiger partial charge on any atom is -0.335 e. The second kappa shape index (κ2) is 5.45. The first-order valence-electron chi connectivity index (χ1n) is 6.10. The topological polar surface area (TPSA) is 24.4 Å². The lowest BCUT2D eigenvalue weighted by molar-refractivity contribution is 0.628. The summed E-state index contributed by atoms with van der Waals surface area (Å²) in [5.41, 5.74) is 2.01. The van der Waals surface area contributed by atoms with E-state index in [1.807, 2.05) is 24.3 Å². The van der Waals surface area contributed by atoms with E-state index >= 15 is 0 Å². The Morgan fingerprint density at radius 1 is 1.11 bits per heavy atom. The highest BCUT2D eigenvalue weighted by atomic mass is 32.2. The molecule has 0 radical (unpaired) electrons. The summed E-state index contributed by atoms with van der Waals surface area (Å²) < 4.78 is 13.1. The molecule has 96 valence electrons. The normalized spacial score (nSPS) is 18.2. The van der Waals surface area contributed by atoms with Crippen LogP contribution in [-0.2, 0) is 0 Å². The monoisotopic (exact) mass is 272 g/mol. The molecule has 1 aliphatic heterocycles. The van der Waals surface area contributed by atoms with Crippen LogP contribution in [0.1, 0.15) is 10.8 Å². The van der Waals surface area contributed by atoms with Crippen molar-refractivity contribution < 1.29 is 4.39 Å². The number of aliphatic imine (C=N–C) groups is 1. The summed E-state index contributed by atoms with van der Waals surface area (Å²) in [6.45, 7) is 0.756. The molecule has 1 N–H and O–H groups in total. The number of nitrogens with one attached hydrogen (secondary N) is 1. The first kappa shape index (κ1) is 12.2. The predicted octanol–water partition coefficient (Wildman–Crippen LogP) is 4.08. The van der Waals surface area contributed by atoms with Gasteiger partial charge >= 0.3 is 0 Å². The smallest absolute Gasteiger partial charge is 0.161 e. The van der Waals surface area contributed by atoms with Gasteiger partial charge in [-0.15, -0.1) is 0 Å². The zero-order chi connectivity index (χ0) is 13.1. The number of rotatable bonds is 2. The highest BCUT2D eigenvalue weighted by Crippen LogP contribution is 2.35. The van der Waals surface area contributed by atoms with E-state index < -0.39 is 0 Å². The molecule has 2 nitrogen and oxygen atoms in total. The van der Waals surface area contributed by atoms with Gasteiger partial charge in [-0.2, -0.15) is 0 Å². The fourth-order valence-electron chi connectivity index (χ4n) is 1.97. The van der Waals surface area contributed by atoms with E-state index in [0.29, 0.717) is 5.25 Å². The lowest BCUT2D eigenvalue weighted by atomic mass is 10.1. The zero-order valence-corrected chi connectivity index (χ0v) is 11.0. The van der Waals surface area contributed by atoms with Crippen LogP contribution in [0.3, 0.4) is 0 Å². The maximum atomic E-state index is 13.1. The van der Waals surface area contributed by atoms with E-state index in [4.69, 9.17) is 0 Å². The van der Waals surface area contributed by atoms with E-state index in [1.165, 1.54) is 17.7 Å². The zero-order valence-electron chi connectivity index (χ0n) is 10.2.